The summed E-state index contributed by atoms with van der Waals surface area (Å²) in [7, 11) is 0. The Labute approximate surface area is 95.5 Å². The highest BCUT2D eigenvalue weighted by molar-refractivity contribution is 5.26. The molecule has 2 nitrogen and oxygen atoms in total. The number of aryl methyl sites for hydroxylation is 2. The average Bonchev–Trinajstić information content (AvgIpc) is 2.64. The average molecular weight is 216 g/mol. The molecule has 1 N–H and O–H groups in total. The standard InChI is InChI=1S/C14H16O2/c1-10-4-3-5-12(8-10)9-14(15)13-6-7-16-11(13)2/h3-8,14-15H,9H2,1-2H3. The third-order valence-electron chi connectivity index (χ3n) is 2.77. The lowest BCUT2D eigenvalue weighted by atomic mass is 10.0. The number of hydrogen-bond acceptors (Lipinski definition) is 2. The smallest absolute Gasteiger partial charge is 0.106 e. The molecule has 1 unspecified atom stereocenters. The summed E-state index contributed by atoms with van der Waals surface area (Å²) in [6, 6.07) is 10.0. The van der Waals surface area contributed by atoms with Crippen molar-refractivity contribution in [3.63, 3.8) is 0 Å². The highest BCUT2D eigenvalue weighted by atomic mass is 16.3. The second kappa shape index (κ2) is 4.54. The van der Waals surface area contributed by atoms with E-state index >= 15 is 0 Å². The van der Waals surface area contributed by atoms with Crippen LogP contribution in [0.3, 0.4) is 0 Å². The summed E-state index contributed by atoms with van der Waals surface area (Å²) in [4.78, 5) is 0. The van der Waals surface area contributed by atoms with Crippen molar-refractivity contribution >= 4 is 0 Å². The summed E-state index contributed by atoms with van der Waals surface area (Å²) >= 11 is 0. The Morgan fingerprint density at radius 1 is 1.25 bits per heavy atom. The Morgan fingerprint density at radius 3 is 2.69 bits per heavy atom. The Bertz CT molecular complexity index is 471. The van der Waals surface area contributed by atoms with Crippen LogP contribution in [-0.2, 0) is 6.42 Å². The Balaban J connectivity index is 2.14. The first-order valence-electron chi connectivity index (χ1n) is 5.44. The van der Waals surface area contributed by atoms with Crippen LogP contribution < -0.4 is 0 Å². The van der Waals surface area contributed by atoms with Gasteiger partial charge in [0.1, 0.15) is 5.76 Å². The van der Waals surface area contributed by atoms with Crippen molar-refractivity contribution in [2.45, 2.75) is 26.4 Å². The maximum absolute atomic E-state index is 10.1. The fourth-order valence-corrected chi connectivity index (χ4v) is 1.91. The summed E-state index contributed by atoms with van der Waals surface area (Å²) in [5.41, 5.74) is 3.24. The van der Waals surface area contributed by atoms with Crippen LogP contribution in [0.1, 0.15) is 28.6 Å². The number of hydrogen-bond donors (Lipinski definition) is 1. The molecule has 84 valence electrons. The molecule has 1 heterocycles. The van der Waals surface area contributed by atoms with Crippen LogP contribution >= 0.6 is 0 Å². The molecule has 16 heavy (non-hydrogen) atoms. The number of benzene rings is 1. The zero-order valence-corrected chi connectivity index (χ0v) is 9.60. The van der Waals surface area contributed by atoms with E-state index in [1.54, 1.807) is 6.26 Å². The maximum Gasteiger partial charge on any atom is 0.106 e. The van der Waals surface area contributed by atoms with Crippen molar-refractivity contribution in [2.75, 3.05) is 0 Å². The van der Waals surface area contributed by atoms with Crippen molar-refractivity contribution in [3.05, 3.63) is 59.0 Å². The molecule has 0 bridgehead atoms. The minimum absolute atomic E-state index is 0.486. The van der Waals surface area contributed by atoms with E-state index in [0.29, 0.717) is 6.42 Å². The summed E-state index contributed by atoms with van der Waals surface area (Å²) in [5.74, 6) is 0.792. The van der Waals surface area contributed by atoms with Gasteiger partial charge in [0, 0.05) is 12.0 Å². The molecule has 2 aromatic rings. The van der Waals surface area contributed by atoms with Gasteiger partial charge in [0.05, 0.1) is 12.4 Å². The zero-order valence-electron chi connectivity index (χ0n) is 9.60. The van der Waals surface area contributed by atoms with E-state index in [0.717, 1.165) is 16.9 Å². The molecule has 0 saturated carbocycles. The normalized spacial score (nSPS) is 12.7. The molecule has 1 atom stereocenters. The number of aliphatic hydroxyl groups is 1. The van der Waals surface area contributed by atoms with Crippen LogP contribution in [0.25, 0.3) is 0 Å². The predicted molar refractivity (Wildman–Crippen MR) is 63.3 cm³/mol. The van der Waals surface area contributed by atoms with Crippen LogP contribution in [-0.4, -0.2) is 5.11 Å². The first kappa shape index (κ1) is 11.0. The molecule has 2 heteroatoms. The van der Waals surface area contributed by atoms with Crippen LogP contribution in [0.15, 0.2) is 41.0 Å². The molecular weight excluding hydrogens is 200 g/mol. The molecule has 0 spiro atoms. The Kier molecular flexibility index (Phi) is 3.11. The lowest BCUT2D eigenvalue weighted by Gasteiger charge is -2.10. The van der Waals surface area contributed by atoms with Crippen molar-refractivity contribution in [2.24, 2.45) is 0 Å². The molecule has 0 aliphatic heterocycles. The van der Waals surface area contributed by atoms with E-state index < -0.39 is 6.10 Å². The molecule has 0 amide bonds. The molecule has 0 aliphatic rings. The van der Waals surface area contributed by atoms with Gasteiger partial charge in [0.25, 0.3) is 0 Å². The van der Waals surface area contributed by atoms with Gasteiger partial charge in [0.2, 0.25) is 0 Å². The van der Waals surface area contributed by atoms with E-state index in [2.05, 4.69) is 19.1 Å². The molecule has 2 rings (SSSR count). The monoisotopic (exact) mass is 216 g/mol. The molecule has 1 aromatic heterocycles. The fourth-order valence-electron chi connectivity index (χ4n) is 1.91. The van der Waals surface area contributed by atoms with Gasteiger partial charge < -0.3 is 9.52 Å². The number of rotatable bonds is 3. The van der Waals surface area contributed by atoms with E-state index in [-0.39, 0.29) is 0 Å². The lowest BCUT2D eigenvalue weighted by molar-refractivity contribution is 0.176. The predicted octanol–water partition coefficient (Wildman–Crippen LogP) is 3.17. The summed E-state index contributed by atoms with van der Waals surface area (Å²) in [5, 5.41) is 10.1. The van der Waals surface area contributed by atoms with Crippen molar-refractivity contribution in [1.82, 2.24) is 0 Å². The van der Waals surface area contributed by atoms with Gasteiger partial charge in [-0.15, -0.1) is 0 Å². The molecule has 0 saturated heterocycles. The van der Waals surface area contributed by atoms with E-state index in [1.807, 2.05) is 25.1 Å². The number of aliphatic hydroxyl groups excluding tert-OH is 1. The minimum atomic E-state index is -0.486. The van der Waals surface area contributed by atoms with Crippen LogP contribution in [0.5, 0.6) is 0 Å². The van der Waals surface area contributed by atoms with Crippen molar-refractivity contribution in [3.8, 4) is 0 Å². The second-order valence-electron chi connectivity index (χ2n) is 4.14. The summed E-state index contributed by atoms with van der Waals surface area (Å²) in [6.45, 7) is 3.92. The summed E-state index contributed by atoms with van der Waals surface area (Å²) in [6.07, 6.45) is 1.76. The quantitative estimate of drug-likeness (QED) is 0.854. The van der Waals surface area contributed by atoms with Gasteiger partial charge in [-0.2, -0.15) is 0 Å². The highest BCUT2D eigenvalue weighted by Gasteiger charge is 2.13. The minimum Gasteiger partial charge on any atom is -0.469 e. The maximum atomic E-state index is 10.1. The largest absolute Gasteiger partial charge is 0.469 e. The SMILES string of the molecule is Cc1cccc(CC(O)c2ccoc2C)c1. The highest BCUT2D eigenvalue weighted by Crippen LogP contribution is 2.22. The fraction of sp³-hybridized carbons (Fsp3) is 0.286. The second-order valence-corrected chi connectivity index (χ2v) is 4.14. The van der Waals surface area contributed by atoms with Crippen LogP contribution in [0, 0.1) is 13.8 Å². The van der Waals surface area contributed by atoms with Crippen molar-refractivity contribution in [1.29, 1.82) is 0 Å². The summed E-state index contributed by atoms with van der Waals surface area (Å²) < 4.78 is 5.19. The van der Waals surface area contributed by atoms with E-state index in [4.69, 9.17) is 4.42 Å². The third kappa shape index (κ3) is 2.34. The van der Waals surface area contributed by atoms with Gasteiger partial charge in [-0.1, -0.05) is 29.8 Å². The Hall–Kier alpha value is -1.54. The number of furan rings is 1. The third-order valence-corrected chi connectivity index (χ3v) is 2.77. The van der Waals surface area contributed by atoms with Gasteiger partial charge in [-0.3, -0.25) is 0 Å². The molecule has 1 aromatic carbocycles. The first-order valence-corrected chi connectivity index (χ1v) is 5.44. The molecule has 0 aliphatic carbocycles. The Morgan fingerprint density at radius 2 is 2.06 bits per heavy atom. The van der Waals surface area contributed by atoms with Crippen LogP contribution in [0.2, 0.25) is 0 Å². The van der Waals surface area contributed by atoms with Crippen LogP contribution in [0.4, 0.5) is 0 Å². The van der Waals surface area contributed by atoms with Crippen molar-refractivity contribution < 1.29 is 9.52 Å². The zero-order chi connectivity index (χ0) is 11.5. The molecular formula is C14H16O2. The lowest BCUT2D eigenvalue weighted by Crippen LogP contribution is -2.02. The molecule has 0 radical (unpaired) electrons. The topological polar surface area (TPSA) is 33.4 Å². The van der Waals surface area contributed by atoms with Gasteiger partial charge in [-0.25, -0.2) is 0 Å². The van der Waals surface area contributed by atoms with E-state index in [1.165, 1.54) is 5.56 Å². The molecule has 0 fully saturated rings. The first-order chi connectivity index (χ1) is 7.66. The van der Waals surface area contributed by atoms with Gasteiger partial charge in [0.15, 0.2) is 0 Å². The van der Waals surface area contributed by atoms with E-state index in [9.17, 15) is 5.11 Å². The van der Waals surface area contributed by atoms with Gasteiger partial charge >= 0.3 is 0 Å². The van der Waals surface area contributed by atoms with Gasteiger partial charge in [-0.05, 0) is 25.5 Å².